The highest BCUT2D eigenvalue weighted by atomic mass is 16.5. The van der Waals surface area contributed by atoms with Crippen molar-refractivity contribution in [3.8, 4) is 0 Å². The van der Waals surface area contributed by atoms with E-state index in [1.165, 1.54) is 103 Å². The van der Waals surface area contributed by atoms with Crippen LogP contribution in [0.1, 0.15) is 173 Å². The van der Waals surface area contributed by atoms with E-state index >= 15 is 0 Å². The van der Waals surface area contributed by atoms with Gasteiger partial charge in [0, 0.05) is 18.9 Å². The Balaban J connectivity index is 1.59. The zero-order chi connectivity index (χ0) is 39.9. The Labute approximate surface area is 334 Å². The van der Waals surface area contributed by atoms with E-state index < -0.39 is 48.6 Å². The van der Waals surface area contributed by atoms with Gasteiger partial charge in [-0.2, -0.15) is 0 Å². The summed E-state index contributed by atoms with van der Waals surface area (Å²) in [6.45, 7) is 1.68. The van der Waals surface area contributed by atoms with E-state index in [1.807, 2.05) is 30.3 Å². The van der Waals surface area contributed by atoms with Gasteiger partial charge >= 0.3 is 0 Å². The first-order valence-corrected chi connectivity index (χ1v) is 22.4. The molecule has 0 aromatic heterocycles. The lowest BCUT2D eigenvalue weighted by molar-refractivity contribution is -0.182. The van der Waals surface area contributed by atoms with Crippen molar-refractivity contribution in [2.45, 2.75) is 217 Å². The molecule has 0 bridgehead atoms. The summed E-state index contributed by atoms with van der Waals surface area (Å²) in [6.07, 6.45) is 25.9. The van der Waals surface area contributed by atoms with Crippen molar-refractivity contribution in [2.75, 3.05) is 13.2 Å². The molecule has 0 aliphatic heterocycles. The van der Waals surface area contributed by atoms with Crippen LogP contribution in [0.15, 0.2) is 42.5 Å². The number of amides is 1. The van der Waals surface area contributed by atoms with Gasteiger partial charge in [-0.25, -0.2) is 0 Å². The number of unbranched alkanes of at least 4 members (excludes halogenated alkanes) is 19. The number of hydrogen-bond donors (Lipinski definition) is 7. The Morgan fingerprint density at radius 1 is 0.727 bits per heavy atom. The fourth-order valence-corrected chi connectivity index (χ4v) is 7.73. The molecule has 2 rings (SSSR count). The van der Waals surface area contributed by atoms with Crippen LogP contribution in [0.3, 0.4) is 0 Å². The number of carbonyl (C=O) groups excluding carboxylic acids is 1. The number of aliphatic hydroxyl groups is 6. The average Bonchev–Trinajstić information content (AvgIpc) is 3.19. The van der Waals surface area contributed by atoms with Gasteiger partial charge in [0.25, 0.3) is 0 Å². The Morgan fingerprint density at radius 3 is 1.80 bits per heavy atom. The second-order valence-electron chi connectivity index (χ2n) is 16.3. The summed E-state index contributed by atoms with van der Waals surface area (Å²) in [6, 6.07) is 8.95. The van der Waals surface area contributed by atoms with Crippen molar-refractivity contribution in [1.29, 1.82) is 0 Å². The van der Waals surface area contributed by atoms with Gasteiger partial charge in [-0.3, -0.25) is 4.79 Å². The normalized spacial score (nSPS) is 21.8. The molecule has 5 unspecified atom stereocenters. The van der Waals surface area contributed by atoms with Crippen molar-refractivity contribution in [1.82, 2.24) is 5.32 Å². The summed E-state index contributed by atoms with van der Waals surface area (Å²) in [5.74, 6) is -0.925. The van der Waals surface area contributed by atoms with E-state index in [2.05, 4.69) is 24.4 Å². The second kappa shape index (κ2) is 32.1. The van der Waals surface area contributed by atoms with E-state index in [9.17, 15) is 35.4 Å². The van der Waals surface area contributed by atoms with Crippen LogP contribution in [0, 0.1) is 5.92 Å². The molecular formula is C46H81NO8. The number of aliphatic hydroxyl groups excluding tert-OH is 6. The van der Waals surface area contributed by atoms with Crippen molar-refractivity contribution in [3.05, 3.63) is 48.0 Å². The number of aryl methyl sites for hydroxylation is 1. The molecule has 1 aromatic rings. The lowest BCUT2D eigenvalue weighted by Crippen LogP contribution is -2.57. The van der Waals surface area contributed by atoms with Gasteiger partial charge in [0.2, 0.25) is 5.91 Å². The van der Waals surface area contributed by atoms with Crippen molar-refractivity contribution < 1.29 is 40.2 Å². The third-order valence-corrected chi connectivity index (χ3v) is 11.4. The highest BCUT2D eigenvalue weighted by Gasteiger charge is 2.43. The van der Waals surface area contributed by atoms with Gasteiger partial charge in [-0.15, -0.1) is 0 Å². The first-order valence-electron chi connectivity index (χ1n) is 22.4. The van der Waals surface area contributed by atoms with Gasteiger partial charge in [0.05, 0.1) is 31.0 Å². The SMILES string of the molecule is CCCCCCCCCCCCCCC/C=C/CCCCCCCCC(=O)N[C@@H](COC1CC(CO)C(O)C(O)C1O)[C@H](O)[C@H](O)CCCc1ccccc1. The fourth-order valence-electron chi connectivity index (χ4n) is 7.73. The maximum atomic E-state index is 13.0. The van der Waals surface area contributed by atoms with E-state index in [-0.39, 0.29) is 25.5 Å². The molecule has 0 spiro atoms. The second-order valence-corrected chi connectivity index (χ2v) is 16.3. The first-order chi connectivity index (χ1) is 26.8. The molecule has 0 heterocycles. The Kier molecular flexibility index (Phi) is 28.8. The lowest BCUT2D eigenvalue weighted by atomic mass is 9.81. The molecule has 1 aliphatic rings. The van der Waals surface area contributed by atoms with Crippen LogP contribution in [0.25, 0.3) is 0 Å². The number of allylic oxidation sites excluding steroid dienone is 2. The minimum Gasteiger partial charge on any atom is -0.396 e. The number of hydrogen-bond acceptors (Lipinski definition) is 8. The summed E-state index contributed by atoms with van der Waals surface area (Å²) in [7, 11) is 0. The molecule has 9 heteroatoms. The molecule has 1 amide bonds. The molecule has 9 nitrogen and oxygen atoms in total. The third-order valence-electron chi connectivity index (χ3n) is 11.4. The molecule has 7 N–H and O–H groups in total. The Morgan fingerprint density at radius 2 is 1.25 bits per heavy atom. The first kappa shape index (κ1) is 49.3. The van der Waals surface area contributed by atoms with E-state index in [0.717, 1.165) is 44.1 Å². The largest absolute Gasteiger partial charge is 0.396 e. The Hall–Kier alpha value is -1.85. The molecule has 0 radical (unpaired) electrons. The van der Waals surface area contributed by atoms with E-state index in [4.69, 9.17) is 4.74 Å². The summed E-state index contributed by atoms with van der Waals surface area (Å²) in [5, 5.41) is 65.4. The quantitative estimate of drug-likeness (QED) is 0.0275. The summed E-state index contributed by atoms with van der Waals surface area (Å²) >= 11 is 0. The van der Waals surface area contributed by atoms with Gasteiger partial charge in [0.1, 0.15) is 18.3 Å². The van der Waals surface area contributed by atoms with Crippen LogP contribution < -0.4 is 5.32 Å². The summed E-state index contributed by atoms with van der Waals surface area (Å²) < 4.78 is 5.89. The monoisotopic (exact) mass is 776 g/mol. The molecule has 8 atom stereocenters. The summed E-state index contributed by atoms with van der Waals surface area (Å²) in [5.41, 5.74) is 1.13. The Bertz CT molecular complexity index is 1070. The molecule has 55 heavy (non-hydrogen) atoms. The molecule has 318 valence electrons. The number of carbonyl (C=O) groups is 1. The van der Waals surface area contributed by atoms with Crippen LogP contribution in [0.2, 0.25) is 0 Å². The third kappa shape index (κ3) is 22.6. The van der Waals surface area contributed by atoms with Crippen molar-refractivity contribution >= 4 is 5.91 Å². The zero-order valence-corrected chi connectivity index (χ0v) is 34.5. The standard InChI is InChI=1S/C46H81NO8/c1-2-3-4-5-6-7-8-9-10-11-12-13-14-15-16-17-18-19-20-21-22-23-27-33-42(50)47-39(36-55-41-34-38(35-48)43(51)46(54)45(41)53)44(52)40(49)32-28-31-37-29-25-24-26-30-37/h16-17,24-26,29-30,38-41,43-46,48-49,51-54H,2-15,18-23,27-28,31-36H2,1H3,(H,47,50)/b17-16+/t38?,39-,40+,41?,43?,44-,45?,46?/m0/s1. The average molecular weight is 776 g/mol. The molecular weight excluding hydrogens is 695 g/mol. The molecule has 1 aromatic carbocycles. The van der Waals surface area contributed by atoms with Crippen molar-refractivity contribution in [2.24, 2.45) is 5.92 Å². The molecule has 1 saturated carbocycles. The smallest absolute Gasteiger partial charge is 0.220 e. The minimum atomic E-state index is -1.49. The van der Waals surface area contributed by atoms with Gasteiger partial charge in [0.15, 0.2) is 0 Å². The van der Waals surface area contributed by atoms with Gasteiger partial charge in [-0.05, 0) is 63.4 Å². The van der Waals surface area contributed by atoms with Crippen molar-refractivity contribution in [3.63, 3.8) is 0 Å². The van der Waals surface area contributed by atoms with Gasteiger partial charge < -0.3 is 40.7 Å². The summed E-state index contributed by atoms with van der Waals surface area (Å²) in [4.78, 5) is 13.0. The van der Waals surface area contributed by atoms with Crippen LogP contribution in [-0.4, -0.2) is 92.4 Å². The maximum Gasteiger partial charge on any atom is 0.220 e. The number of benzene rings is 1. The molecule has 1 aliphatic carbocycles. The molecule has 1 fully saturated rings. The maximum absolute atomic E-state index is 13.0. The van der Waals surface area contributed by atoms with Gasteiger partial charge in [-0.1, -0.05) is 152 Å². The lowest BCUT2D eigenvalue weighted by Gasteiger charge is -2.40. The van der Waals surface area contributed by atoms with E-state index in [0.29, 0.717) is 19.3 Å². The number of ether oxygens (including phenoxy) is 1. The van der Waals surface area contributed by atoms with Crippen LogP contribution in [0.4, 0.5) is 0 Å². The predicted molar refractivity (Wildman–Crippen MR) is 223 cm³/mol. The van der Waals surface area contributed by atoms with Crippen LogP contribution in [-0.2, 0) is 16.0 Å². The minimum absolute atomic E-state index is 0.0993. The number of nitrogens with one attached hydrogen (secondary N) is 1. The predicted octanol–water partition coefficient (Wildman–Crippen LogP) is 7.85. The number of rotatable bonds is 34. The highest BCUT2D eigenvalue weighted by Crippen LogP contribution is 2.28. The zero-order valence-electron chi connectivity index (χ0n) is 34.5. The topological polar surface area (TPSA) is 160 Å². The van der Waals surface area contributed by atoms with Crippen LogP contribution in [0.5, 0.6) is 0 Å². The fraction of sp³-hybridized carbons (Fsp3) is 0.804. The molecule has 0 saturated heterocycles. The highest BCUT2D eigenvalue weighted by molar-refractivity contribution is 5.76. The van der Waals surface area contributed by atoms with E-state index in [1.54, 1.807) is 0 Å². The van der Waals surface area contributed by atoms with Crippen LogP contribution >= 0.6 is 0 Å².